The smallest absolute Gasteiger partial charge is 0.302 e. The molecule has 0 amide bonds. The van der Waals surface area contributed by atoms with Gasteiger partial charge in [0.2, 0.25) is 0 Å². The lowest BCUT2D eigenvalue weighted by molar-refractivity contribution is -0.169. The van der Waals surface area contributed by atoms with Gasteiger partial charge in [-0.05, 0) is 62.2 Å². The predicted octanol–water partition coefficient (Wildman–Crippen LogP) is 3.71. The van der Waals surface area contributed by atoms with Crippen LogP contribution >= 0.6 is 0 Å². The fourth-order valence-corrected chi connectivity index (χ4v) is 7.14. The minimum atomic E-state index is -0.219. The van der Waals surface area contributed by atoms with Crippen LogP contribution in [0.5, 0.6) is 0 Å². The molecule has 138 valence electrons. The molecule has 6 atom stereocenters. The van der Waals surface area contributed by atoms with Crippen molar-refractivity contribution in [1.29, 1.82) is 0 Å². The molecular weight excluding hydrogens is 316 g/mol. The maximum Gasteiger partial charge on any atom is 0.302 e. The molecule has 4 rings (SSSR count). The predicted molar refractivity (Wildman–Crippen MR) is 92.7 cm³/mol. The second-order valence-corrected chi connectivity index (χ2v) is 9.33. The molecule has 0 aliphatic heterocycles. The van der Waals surface area contributed by atoms with Crippen LogP contribution in [-0.4, -0.2) is 24.1 Å². The lowest BCUT2D eigenvalue weighted by Crippen LogP contribution is -2.56. The Hall–Kier alpha value is -1.19. The third kappa shape index (κ3) is 2.50. The Morgan fingerprint density at radius 1 is 1.08 bits per heavy atom. The van der Waals surface area contributed by atoms with Gasteiger partial charge >= 0.3 is 5.97 Å². The lowest BCUT2D eigenvalue weighted by Gasteiger charge is -2.59. The van der Waals surface area contributed by atoms with Gasteiger partial charge in [-0.1, -0.05) is 6.92 Å². The quantitative estimate of drug-likeness (QED) is 0.715. The average Bonchev–Trinajstić information content (AvgIpc) is 2.88. The van der Waals surface area contributed by atoms with Crippen molar-refractivity contribution in [2.45, 2.75) is 71.6 Å². The minimum absolute atomic E-state index is 0.0323. The molecule has 0 saturated heterocycles. The normalized spacial score (nSPS) is 46.2. The van der Waals surface area contributed by atoms with E-state index in [0.717, 1.165) is 44.9 Å². The molecule has 0 N–H and O–H groups in total. The Labute approximate surface area is 150 Å². The van der Waals surface area contributed by atoms with E-state index in [-0.39, 0.29) is 16.8 Å². The SMILES string of the molecule is CC(=O)OCC12CCC(=O)CC1CCC1C3CCC(=O)C3(C)CCC12. The molecule has 0 aromatic carbocycles. The second-order valence-electron chi connectivity index (χ2n) is 9.33. The van der Waals surface area contributed by atoms with Crippen molar-refractivity contribution in [3.63, 3.8) is 0 Å². The molecule has 0 heterocycles. The maximum absolute atomic E-state index is 12.5. The fourth-order valence-electron chi connectivity index (χ4n) is 7.14. The molecule has 4 heteroatoms. The van der Waals surface area contributed by atoms with Gasteiger partial charge in [0.1, 0.15) is 11.6 Å². The molecular formula is C21H30O4. The van der Waals surface area contributed by atoms with Gasteiger partial charge < -0.3 is 4.74 Å². The number of fused-ring (bicyclic) bond motifs is 5. The van der Waals surface area contributed by atoms with Gasteiger partial charge in [0.05, 0.1) is 6.61 Å². The van der Waals surface area contributed by atoms with Crippen LogP contribution in [0.1, 0.15) is 71.6 Å². The van der Waals surface area contributed by atoms with Crippen LogP contribution in [-0.2, 0) is 19.1 Å². The van der Waals surface area contributed by atoms with E-state index in [9.17, 15) is 14.4 Å². The molecule has 4 saturated carbocycles. The summed E-state index contributed by atoms with van der Waals surface area (Å²) in [5.74, 6) is 2.53. The molecule has 0 aromatic heterocycles. The molecule has 25 heavy (non-hydrogen) atoms. The Morgan fingerprint density at radius 3 is 2.64 bits per heavy atom. The van der Waals surface area contributed by atoms with Crippen LogP contribution in [0.15, 0.2) is 0 Å². The van der Waals surface area contributed by atoms with Crippen molar-refractivity contribution in [2.24, 2.45) is 34.5 Å². The van der Waals surface area contributed by atoms with Gasteiger partial charge in [0, 0.05) is 37.0 Å². The summed E-state index contributed by atoms with van der Waals surface area (Å²) >= 11 is 0. The minimum Gasteiger partial charge on any atom is -0.465 e. The topological polar surface area (TPSA) is 60.4 Å². The summed E-state index contributed by atoms with van der Waals surface area (Å²) in [4.78, 5) is 36.1. The van der Waals surface area contributed by atoms with E-state index in [2.05, 4.69) is 6.92 Å². The zero-order valence-electron chi connectivity index (χ0n) is 15.5. The zero-order valence-corrected chi connectivity index (χ0v) is 15.5. The van der Waals surface area contributed by atoms with Crippen LogP contribution < -0.4 is 0 Å². The molecule has 4 nitrogen and oxygen atoms in total. The molecule has 4 aliphatic rings. The van der Waals surface area contributed by atoms with Crippen molar-refractivity contribution >= 4 is 17.5 Å². The van der Waals surface area contributed by atoms with Gasteiger partial charge in [0.15, 0.2) is 0 Å². The van der Waals surface area contributed by atoms with Crippen molar-refractivity contribution in [1.82, 2.24) is 0 Å². The van der Waals surface area contributed by atoms with E-state index in [4.69, 9.17) is 4.74 Å². The largest absolute Gasteiger partial charge is 0.465 e. The van der Waals surface area contributed by atoms with Crippen LogP contribution in [0.3, 0.4) is 0 Å². The fraction of sp³-hybridized carbons (Fsp3) is 0.857. The van der Waals surface area contributed by atoms with Crippen molar-refractivity contribution < 1.29 is 19.1 Å². The highest BCUT2D eigenvalue weighted by molar-refractivity contribution is 5.87. The van der Waals surface area contributed by atoms with Gasteiger partial charge in [-0.3, -0.25) is 14.4 Å². The number of Topliss-reactive ketones (excluding diaryl/α,β-unsaturated/α-hetero) is 2. The number of ketones is 2. The molecule has 0 spiro atoms. The monoisotopic (exact) mass is 346 g/mol. The molecule has 0 aromatic rings. The third-order valence-corrected chi connectivity index (χ3v) is 8.43. The molecule has 4 aliphatic carbocycles. The first-order valence-corrected chi connectivity index (χ1v) is 10.1. The molecule has 0 bridgehead atoms. The summed E-state index contributed by atoms with van der Waals surface area (Å²) in [7, 11) is 0. The van der Waals surface area contributed by atoms with E-state index >= 15 is 0 Å². The number of hydrogen-bond donors (Lipinski definition) is 0. The first-order valence-electron chi connectivity index (χ1n) is 10.1. The number of carbonyl (C=O) groups is 3. The standard InChI is InChI=1S/C21H30O4/c1-13(22)25-12-21-10-7-15(23)11-14(21)3-4-16-17-5-6-19(24)20(17,2)9-8-18(16)21/h14,16-18H,3-12H2,1-2H3. The first kappa shape index (κ1) is 17.2. The number of ether oxygens (including phenoxy) is 1. The van der Waals surface area contributed by atoms with E-state index in [1.807, 2.05) is 0 Å². The maximum atomic E-state index is 12.5. The van der Waals surface area contributed by atoms with Crippen molar-refractivity contribution in [3.05, 3.63) is 0 Å². The van der Waals surface area contributed by atoms with Crippen LogP contribution in [0, 0.1) is 34.5 Å². The summed E-state index contributed by atoms with van der Waals surface area (Å²) in [5.41, 5.74) is -0.156. The number of hydrogen-bond acceptors (Lipinski definition) is 4. The second kappa shape index (κ2) is 5.92. The summed E-state index contributed by atoms with van der Waals surface area (Å²) < 4.78 is 5.57. The van der Waals surface area contributed by atoms with Crippen molar-refractivity contribution in [3.8, 4) is 0 Å². The summed E-state index contributed by atoms with van der Waals surface area (Å²) in [6.45, 7) is 4.14. The number of carbonyl (C=O) groups excluding carboxylic acids is 3. The number of rotatable bonds is 2. The Bertz CT molecular complexity index is 611. The van der Waals surface area contributed by atoms with E-state index in [0.29, 0.717) is 54.7 Å². The van der Waals surface area contributed by atoms with Gasteiger partial charge in [-0.15, -0.1) is 0 Å². The van der Waals surface area contributed by atoms with Crippen LogP contribution in [0.4, 0.5) is 0 Å². The summed E-state index contributed by atoms with van der Waals surface area (Å²) in [6.07, 6.45) is 8.13. The van der Waals surface area contributed by atoms with Crippen LogP contribution in [0.25, 0.3) is 0 Å². The average molecular weight is 346 g/mol. The van der Waals surface area contributed by atoms with Crippen molar-refractivity contribution in [2.75, 3.05) is 6.61 Å². The van der Waals surface area contributed by atoms with Gasteiger partial charge in [-0.2, -0.15) is 0 Å². The molecule has 0 radical (unpaired) electrons. The number of esters is 1. The summed E-state index contributed by atoms with van der Waals surface area (Å²) in [6, 6.07) is 0. The van der Waals surface area contributed by atoms with E-state index in [1.54, 1.807) is 0 Å². The molecule has 4 fully saturated rings. The zero-order chi connectivity index (χ0) is 17.8. The van der Waals surface area contributed by atoms with Gasteiger partial charge in [0.25, 0.3) is 0 Å². The van der Waals surface area contributed by atoms with E-state index < -0.39 is 0 Å². The highest BCUT2D eigenvalue weighted by Gasteiger charge is 2.61. The highest BCUT2D eigenvalue weighted by Crippen LogP contribution is 2.65. The van der Waals surface area contributed by atoms with E-state index in [1.165, 1.54) is 6.92 Å². The first-order chi connectivity index (χ1) is 11.9. The lowest BCUT2D eigenvalue weighted by atomic mass is 9.45. The van der Waals surface area contributed by atoms with Crippen LogP contribution in [0.2, 0.25) is 0 Å². The Morgan fingerprint density at radius 2 is 1.88 bits per heavy atom. The van der Waals surface area contributed by atoms with Gasteiger partial charge in [-0.25, -0.2) is 0 Å². The third-order valence-electron chi connectivity index (χ3n) is 8.43. The summed E-state index contributed by atoms with van der Waals surface area (Å²) in [5, 5.41) is 0. The molecule has 6 unspecified atom stereocenters. The highest BCUT2D eigenvalue weighted by atomic mass is 16.5. The Kier molecular flexibility index (Phi) is 4.08. The Balaban J connectivity index is 1.66.